The third-order valence-corrected chi connectivity index (χ3v) is 4.78. The molecule has 2 amide bonds. The van der Waals surface area contributed by atoms with E-state index in [9.17, 15) is 9.59 Å². The summed E-state index contributed by atoms with van der Waals surface area (Å²) in [6, 6.07) is 15.0. The molecule has 0 saturated carbocycles. The summed E-state index contributed by atoms with van der Waals surface area (Å²) in [5.74, 6) is 0.874. The van der Waals surface area contributed by atoms with Gasteiger partial charge in [0.25, 0.3) is 5.91 Å². The van der Waals surface area contributed by atoms with Crippen molar-refractivity contribution in [2.75, 3.05) is 18.1 Å². The largest absolute Gasteiger partial charge is 0.493 e. The first-order valence-corrected chi connectivity index (χ1v) is 8.65. The summed E-state index contributed by atoms with van der Waals surface area (Å²) in [7, 11) is 0. The fraction of sp³-hybridized carbons (Fsp3) is 0.300. The SMILES string of the molecule is O=C(NC1CCOc2ccccc21)c1ccc(N2CCCC2=O)cc1. The maximum atomic E-state index is 12.6. The van der Waals surface area contributed by atoms with Gasteiger partial charge < -0.3 is 15.0 Å². The topological polar surface area (TPSA) is 58.6 Å². The van der Waals surface area contributed by atoms with Crippen LogP contribution in [-0.2, 0) is 4.79 Å². The highest BCUT2D eigenvalue weighted by Gasteiger charge is 2.24. The van der Waals surface area contributed by atoms with Crippen LogP contribution in [-0.4, -0.2) is 25.0 Å². The number of nitrogens with one attached hydrogen (secondary N) is 1. The molecule has 2 heterocycles. The molecule has 25 heavy (non-hydrogen) atoms. The van der Waals surface area contributed by atoms with Crippen LogP contribution in [0.25, 0.3) is 0 Å². The fourth-order valence-electron chi connectivity index (χ4n) is 3.45. The first-order chi connectivity index (χ1) is 12.2. The molecule has 2 aromatic rings. The second kappa shape index (κ2) is 6.59. The minimum Gasteiger partial charge on any atom is -0.493 e. The second-order valence-corrected chi connectivity index (χ2v) is 6.40. The highest BCUT2D eigenvalue weighted by Crippen LogP contribution is 2.31. The van der Waals surface area contributed by atoms with Crippen LogP contribution in [0.2, 0.25) is 0 Å². The average Bonchev–Trinajstić information content (AvgIpc) is 3.08. The van der Waals surface area contributed by atoms with Crippen molar-refractivity contribution in [3.05, 3.63) is 59.7 Å². The quantitative estimate of drug-likeness (QED) is 0.937. The van der Waals surface area contributed by atoms with E-state index in [1.165, 1.54) is 0 Å². The highest BCUT2D eigenvalue weighted by atomic mass is 16.5. The highest BCUT2D eigenvalue weighted by molar-refractivity contribution is 5.97. The molecular weight excluding hydrogens is 316 g/mol. The first kappa shape index (κ1) is 15.7. The van der Waals surface area contributed by atoms with Gasteiger partial charge in [0, 0.05) is 36.2 Å². The lowest BCUT2D eigenvalue weighted by atomic mass is 10.00. The van der Waals surface area contributed by atoms with E-state index in [1.54, 1.807) is 17.0 Å². The van der Waals surface area contributed by atoms with Crippen molar-refractivity contribution in [1.82, 2.24) is 5.32 Å². The molecule has 1 saturated heterocycles. The maximum absolute atomic E-state index is 12.6. The van der Waals surface area contributed by atoms with Gasteiger partial charge in [0.1, 0.15) is 5.75 Å². The number of anilines is 1. The lowest BCUT2D eigenvalue weighted by Gasteiger charge is -2.26. The number of benzene rings is 2. The van der Waals surface area contributed by atoms with Gasteiger partial charge in [-0.05, 0) is 36.8 Å². The van der Waals surface area contributed by atoms with Crippen LogP contribution in [0.5, 0.6) is 5.75 Å². The summed E-state index contributed by atoms with van der Waals surface area (Å²) in [6.07, 6.45) is 2.25. The zero-order chi connectivity index (χ0) is 17.2. The number of nitrogens with zero attached hydrogens (tertiary/aromatic N) is 1. The van der Waals surface area contributed by atoms with Crippen LogP contribution < -0.4 is 15.0 Å². The first-order valence-electron chi connectivity index (χ1n) is 8.65. The van der Waals surface area contributed by atoms with E-state index in [4.69, 9.17) is 4.74 Å². The maximum Gasteiger partial charge on any atom is 0.251 e. The number of ether oxygens (including phenoxy) is 1. The number of carbonyl (C=O) groups excluding carboxylic acids is 2. The Labute approximate surface area is 146 Å². The second-order valence-electron chi connectivity index (χ2n) is 6.40. The molecule has 5 heteroatoms. The van der Waals surface area contributed by atoms with Crippen LogP contribution >= 0.6 is 0 Å². The molecule has 4 rings (SSSR count). The molecule has 0 aliphatic carbocycles. The molecule has 128 valence electrons. The number of hydrogen-bond donors (Lipinski definition) is 1. The number of rotatable bonds is 3. The van der Waals surface area contributed by atoms with Gasteiger partial charge in [-0.25, -0.2) is 0 Å². The Morgan fingerprint density at radius 2 is 1.92 bits per heavy atom. The smallest absolute Gasteiger partial charge is 0.251 e. The molecule has 0 radical (unpaired) electrons. The van der Waals surface area contributed by atoms with Gasteiger partial charge in [0.05, 0.1) is 12.6 Å². The molecule has 2 aliphatic heterocycles. The molecule has 0 aromatic heterocycles. The van der Waals surface area contributed by atoms with E-state index in [0.717, 1.165) is 36.4 Å². The summed E-state index contributed by atoms with van der Waals surface area (Å²) in [5.41, 5.74) is 2.47. The molecule has 2 aliphatic rings. The van der Waals surface area contributed by atoms with E-state index < -0.39 is 0 Å². The zero-order valence-electron chi connectivity index (χ0n) is 13.9. The van der Waals surface area contributed by atoms with Crippen molar-refractivity contribution in [3.63, 3.8) is 0 Å². The Morgan fingerprint density at radius 1 is 1.12 bits per heavy atom. The molecule has 1 N–H and O–H groups in total. The van der Waals surface area contributed by atoms with Crippen LogP contribution in [0, 0.1) is 0 Å². The normalized spacial score (nSPS) is 19.3. The van der Waals surface area contributed by atoms with E-state index in [-0.39, 0.29) is 17.9 Å². The number of amides is 2. The van der Waals surface area contributed by atoms with Crippen LogP contribution in [0.4, 0.5) is 5.69 Å². The summed E-state index contributed by atoms with van der Waals surface area (Å²) in [5, 5.41) is 3.09. The minimum atomic E-state index is -0.110. The molecular formula is C20H20N2O3. The van der Waals surface area contributed by atoms with Gasteiger partial charge in [-0.1, -0.05) is 18.2 Å². The number of fused-ring (bicyclic) bond motifs is 1. The molecule has 1 atom stereocenters. The third-order valence-electron chi connectivity index (χ3n) is 4.78. The minimum absolute atomic E-state index is 0.0442. The van der Waals surface area contributed by atoms with E-state index >= 15 is 0 Å². The van der Waals surface area contributed by atoms with E-state index in [0.29, 0.717) is 18.6 Å². The zero-order valence-corrected chi connectivity index (χ0v) is 13.9. The van der Waals surface area contributed by atoms with Crippen molar-refractivity contribution in [3.8, 4) is 5.75 Å². The molecule has 2 aromatic carbocycles. The van der Waals surface area contributed by atoms with Gasteiger partial charge in [-0.15, -0.1) is 0 Å². The Kier molecular flexibility index (Phi) is 4.14. The monoisotopic (exact) mass is 336 g/mol. The summed E-state index contributed by atoms with van der Waals surface area (Å²) < 4.78 is 5.63. The number of para-hydroxylation sites is 1. The fourth-order valence-corrected chi connectivity index (χ4v) is 3.45. The lowest BCUT2D eigenvalue weighted by molar-refractivity contribution is -0.117. The van der Waals surface area contributed by atoms with E-state index in [2.05, 4.69) is 5.32 Å². The number of hydrogen-bond acceptors (Lipinski definition) is 3. The predicted octanol–water partition coefficient (Wildman–Crippen LogP) is 3.07. The molecule has 1 unspecified atom stereocenters. The van der Waals surface area contributed by atoms with Gasteiger partial charge in [0.2, 0.25) is 5.91 Å². The molecule has 1 fully saturated rings. The van der Waals surface area contributed by atoms with E-state index in [1.807, 2.05) is 36.4 Å². The summed E-state index contributed by atoms with van der Waals surface area (Å²) in [6.45, 7) is 1.35. The van der Waals surface area contributed by atoms with Crippen molar-refractivity contribution in [1.29, 1.82) is 0 Å². The Balaban J connectivity index is 1.48. The summed E-state index contributed by atoms with van der Waals surface area (Å²) >= 11 is 0. The average molecular weight is 336 g/mol. The van der Waals surface area contributed by atoms with Gasteiger partial charge >= 0.3 is 0 Å². The van der Waals surface area contributed by atoms with Crippen molar-refractivity contribution in [2.24, 2.45) is 0 Å². The number of carbonyl (C=O) groups is 2. The molecule has 0 bridgehead atoms. The Hall–Kier alpha value is -2.82. The lowest BCUT2D eigenvalue weighted by Crippen LogP contribution is -2.32. The van der Waals surface area contributed by atoms with Crippen LogP contribution in [0.1, 0.15) is 41.2 Å². The van der Waals surface area contributed by atoms with Crippen molar-refractivity contribution >= 4 is 17.5 Å². The van der Waals surface area contributed by atoms with Gasteiger partial charge in [-0.2, -0.15) is 0 Å². The van der Waals surface area contributed by atoms with Crippen molar-refractivity contribution < 1.29 is 14.3 Å². The van der Waals surface area contributed by atoms with Crippen LogP contribution in [0.15, 0.2) is 48.5 Å². The Bertz CT molecular complexity index is 801. The van der Waals surface area contributed by atoms with Crippen LogP contribution in [0.3, 0.4) is 0 Å². The molecule has 5 nitrogen and oxygen atoms in total. The van der Waals surface area contributed by atoms with Gasteiger partial charge in [0.15, 0.2) is 0 Å². The summed E-state index contributed by atoms with van der Waals surface area (Å²) in [4.78, 5) is 26.2. The third kappa shape index (κ3) is 3.09. The Morgan fingerprint density at radius 3 is 2.68 bits per heavy atom. The molecule has 0 spiro atoms. The predicted molar refractivity (Wildman–Crippen MR) is 94.8 cm³/mol. The van der Waals surface area contributed by atoms with Gasteiger partial charge in [-0.3, -0.25) is 9.59 Å². The van der Waals surface area contributed by atoms with Crippen molar-refractivity contribution in [2.45, 2.75) is 25.3 Å². The standard InChI is InChI=1S/C20H20N2O3/c23-19-6-3-12-22(19)15-9-7-14(8-10-15)20(24)21-17-11-13-25-18-5-2-1-4-16(17)18/h1-2,4-5,7-10,17H,3,6,11-13H2,(H,21,24).